The first kappa shape index (κ1) is 10.0. The third-order valence-electron chi connectivity index (χ3n) is 2.28. The number of hydrogen-bond donors (Lipinski definition) is 1. The van der Waals surface area contributed by atoms with Gasteiger partial charge in [0.2, 0.25) is 0 Å². The fourth-order valence-electron chi connectivity index (χ4n) is 1.50. The molecular formula is C10H9F3N2. The van der Waals surface area contributed by atoms with Gasteiger partial charge in [-0.15, -0.1) is 0 Å². The summed E-state index contributed by atoms with van der Waals surface area (Å²) in [5.41, 5.74) is 2.58. The Hall–Kier alpha value is -1.52. The van der Waals surface area contributed by atoms with Gasteiger partial charge in [0.05, 0.1) is 6.04 Å². The van der Waals surface area contributed by atoms with E-state index in [0.717, 1.165) is 5.56 Å². The van der Waals surface area contributed by atoms with Crippen molar-refractivity contribution in [3.63, 3.8) is 0 Å². The first-order valence-corrected chi connectivity index (χ1v) is 4.51. The van der Waals surface area contributed by atoms with E-state index in [1.54, 1.807) is 24.3 Å². The van der Waals surface area contributed by atoms with E-state index in [1.165, 1.54) is 0 Å². The first-order valence-electron chi connectivity index (χ1n) is 4.51. The molecule has 0 amide bonds. The molecule has 1 unspecified atom stereocenters. The van der Waals surface area contributed by atoms with Crippen molar-refractivity contribution in [2.45, 2.75) is 18.6 Å². The Bertz CT molecular complexity index is 370. The van der Waals surface area contributed by atoms with Gasteiger partial charge in [-0.05, 0) is 5.56 Å². The molecule has 1 heterocycles. The SMILES string of the molecule is FC(F)(F)C1=NNC(c2ccccc2)C1. The van der Waals surface area contributed by atoms with E-state index in [-0.39, 0.29) is 12.5 Å². The van der Waals surface area contributed by atoms with E-state index < -0.39 is 11.9 Å². The van der Waals surface area contributed by atoms with Crippen molar-refractivity contribution in [1.82, 2.24) is 5.43 Å². The highest BCUT2D eigenvalue weighted by molar-refractivity contribution is 5.91. The van der Waals surface area contributed by atoms with Gasteiger partial charge in [-0.25, -0.2) is 0 Å². The molecule has 1 aliphatic rings. The molecule has 15 heavy (non-hydrogen) atoms. The van der Waals surface area contributed by atoms with Crippen LogP contribution in [0.15, 0.2) is 35.4 Å². The number of nitrogens with one attached hydrogen (secondary N) is 1. The third kappa shape index (κ3) is 2.11. The Morgan fingerprint density at radius 1 is 1.20 bits per heavy atom. The van der Waals surface area contributed by atoms with Gasteiger partial charge >= 0.3 is 6.18 Å². The molecule has 2 nitrogen and oxygen atoms in total. The molecule has 1 aromatic rings. The maximum atomic E-state index is 12.3. The van der Waals surface area contributed by atoms with Crippen molar-refractivity contribution in [3.8, 4) is 0 Å². The number of hydrogen-bond acceptors (Lipinski definition) is 2. The predicted octanol–water partition coefficient (Wildman–Crippen LogP) is 2.64. The average molecular weight is 214 g/mol. The Labute approximate surface area is 84.8 Å². The standard InChI is InChI=1S/C10H9F3N2/c11-10(12,13)9-6-8(14-15-9)7-4-2-1-3-5-7/h1-5,8,14H,6H2. The maximum Gasteiger partial charge on any atom is 0.431 e. The van der Waals surface area contributed by atoms with Gasteiger partial charge in [-0.1, -0.05) is 30.3 Å². The lowest BCUT2D eigenvalue weighted by Gasteiger charge is -2.09. The topological polar surface area (TPSA) is 24.4 Å². The molecule has 0 spiro atoms. The molecule has 1 atom stereocenters. The Balaban J connectivity index is 2.09. The van der Waals surface area contributed by atoms with Crippen LogP contribution in [0.4, 0.5) is 13.2 Å². The maximum absolute atomic E-state index is 12.3. The zero-order valence-corrected chi connectivity index (χ0v) is 7.75. The van der Waals surface area contributed by atoms with E-state index in [2.05, 4.69) is 10.5 Å². The van der Waals surface area contributed by atoms with Gasteiger partial charge in [0.15, 0.2) is 0 Å². The molecule has 0 aromatic heterocycles. The number of benzene rings is 1. The largest absolute Gasteiger partial charge is 0.431 e. The van der Waals surface area contributed by atoms with E-state index in [4.69, 9.17) is 0 Å². The van der Waals surface area contributed by atoms with Crippen LogP contribution in [-0.2, 0) is 0 Å². The third-order valence-corrected chi connectivity index (χ3v) is 2.28. The number of hydrazone groups is 1. The van der Waals surface area contributed by atoms with Crippen molar-refractivity contribution in [2.75, 3.05) is 0 Å². The summed E-state index contributed by atoms with van der Waals surface area (Å²) in [7, 11) is 0. The van der Waals surface area contributed by atoms with Crippen LogP contribution in [-0.4, -0.2) is 11.9 Å². The van der Waals surface area contributed by atoms with Gasteiger partial charge in [-0.2, -0.15) is 18.3 Å². The molecule has 0 radical (unpaired) electrons. The van der Waals surface area contributed by atoms with Crippen molar-refractivity contribution in [3.05, 3.63) is 35.9 Å². The summed E-state index contributed by atoms with van der Waals surface area (Å²) in [4.78, 5) is 0. The molecule has 1 aliphatic heterocycles. The summed E-state index contributed by atoms with van der Waals surface area (Å²) in [6.45, 7) is 0. The molecule has 0 aliphatic carbocycles. The van der Waals surface area contributed by atoms with Gasteiger partial charge in [0, 0.05) is 6.42 Å². The molecular weight excluding hydrogens is 205 g/mol. The summed E-state index contributed by atoms with van der Waals surface area (Å²) in [6.07, 6.45) is -4.43. The van der Waals surface area contributed by atoms with Crippen LogP contribution in [0.25, 0.3) is 0 Å². The highest BCUT2D eigenvalue weighted by Crippen LogP contribution is 2.29. The first-order chi connectivity index (χ1) is 7.07. The molecule has 2 rings (SSSR count). The van der Waals surface area contributed by atoms with E-state index in [0.29, 0.717) is 0 Å². The zero-order chi connectivity index (χ0) is 10.9. The van der Waals surface area contributed by atoms with Crippen molar-refractivity contribution in [2.24, 2.45) is 5.10 Å². The monoisotopic (exact) mass is 214 g/mol. The summed E-state index contributed by atoms with van der Waals surface area (Å²) in [5, 5.41) is 3.31. The Morgan fingerprint density at radius 2 is 1.87 bits per heavy atom. The predicted molar refractivity (Wildman–Crippen MR) is 50.4 cm³/mol. The molecule has 0 fully saturated rings. The normalized spacial score (nSPS) is 21.0. The van der Waals surface area contributed by atoms with Gasteiger partial charge in [0.25, 0.3) is 0 Å². The average Bonchev–Trinajstić information content (AvgIpc) is 2.67. The smallest absolute Gasteiger partial charge is 0.302 e. The summed E-state index contributed by atoms with van der Waals surface area (Å²) < 4.78 is 36.8. The fraction of sp³-hybridized carbons (Fsp3) is 0.300. The zero-order valence-electron chi connectivity index (χ0n) is 7.75. The molecule has 0 bridgehead atoms. The Morgan fingerprint density at radius 3 is 2.40 bits per heavy atom. The van der Waals surface area contributed by atoms with E-state index >= 15 is 0 Å². The quantitative estimate of drug-likeness (QED) is 0.763. The Kier molecular flexibility index (Phi) is 2.38. The van der Waals surface area contributed by atoms with Gasteiger partial charge in [-0.3, -0.25) is 0 Å². The highest BCUT2D eigenvalue weighted by Gasteiger charge is 2.40. The highest BCUT2D eigenvalue weighted by atomic mass is 19.4. The second-order valence-electron chi connectivity index (χ2n) is 3.35. The van der Waals surface area contributed by atoms with Crippen molar-refractivity contribution in [1.29, 1.82) is 0 Å². The van der Waals surface area contributed by atoms with Crippen LogP contribution in [0.1, 0.15) is 18.0 Å². The lowest BCUT2D eigenvalue weighted by Crippen LogP contribution is -2.21. The molecule has 0 saturated carbocycles. The number of alkyl halides is 3. The van der Waals surface area contributed by atoms with Gasteiger partial charge in [0.1, 0.15) is 5.71 Å². The molecule has 80 valence electrons. The van der Waals surface area contributed by atoms with Crippen molar-refractivity contribution < 1.29 is 13.2 Å². The van der Waals surface area contributed by atoms with E-state index in [9.17, 15) is 13.2 Å². The number of rotatable bonds is 1. The van der Waals surface area contributed by atoms with Crippen LogP contribution in [0.2, 0.25) is 0 Å². The minimum absolute atomic E-state index is 0.104. The van der Waals surface area contributed by atoms with Crippen LogP contribution < -0.4 is 5.43 Å². The lowest BCUT2D eigenvalue weighted by atomic mass is 10.0. The number of halogens is 3. The van der Waals surface area contributed by atoms with Crippen molar-refractivity contribution >= 4 is 5.71 Å². The molecule has 1 N–H and O–H groups in total. The molecule has 5 heteroatoms. The summed E-state index contributed by atoms with van der Waals surface area (Å²) >= 11 is 0. The minimum atomic E-state index is -4.32. The van der Waals surface area contributed by atoms with Crippen LogP contribution in [0.5, 0.6) is 0 Å². The van der Waals surface area contributed by atoms with Crippen LogP contribution in [0, 0.1) is 0 Å². The van der Waals surface area contributed by atoms with E-state index in [1.807, 2.05) is 6.07 Å². The molecule has 0 saturated heterocycles. The second-order valence-corrected chi connectivity index (χ2v) is 3.35. The number of nitrogens with zero attached hydrogens (tertiary/aromatic N) is 1. The van der Waals surface area contributed by atoms with Crippen LogP contribution in [0.3, 0.4) is 0 Å². The minimum Gasteiger partial charge on any atom is -0.302 e. The lowest BCUT2D eigenvalue weighted by molar-refractivity contribution is -0.0600. The van der Waals surface area contributed by atoms with Crippen LogP contribution >= 0.6 is 0 Å². The molecule has 1 aromatic carbocycles. The fourth-order valence-corrected chi connectivity index (χ4v) is 1.50. The van der Waals surface area contributed by atoms with Gasteiger partial charge < -0.3 is 5.43 Å². The second kappa shape index (κ2) is 3.56. The summed E-state index contributed by atoms with van der Waals surface area (Å²) in [6, 6.07) is 8.62. The summed E-state index contributed by atoms with van der Waals surface area (Å²) in [5.74, 6) is 0.